The van der Waals surface area contributed by atoms with Crippen LogP contribution in [0.25, 0.3) is 0 Å². The van der Waals surface area contributed by atoms with E-state index in [9.17, 15) is 0 Å². The number of benzene rings is 1. The van der Waals surface area contributed by atoms with Crippen molar-refractivity contribution in [2.75, 3.05) is 5.32 Å². The van der Waals surface area contributed by atoms with Gasteiger partial charge in [0.1, 0.15) is 4.20 Å². The molecule has 0 radical (unpaired) electrons. The lowest BCUT2D eigenvalue weighted by molar-refractivity contribution is 1.08. The molecule has 58 valence electrons. The van der Waals surface area contributed by atoms with Gasteiger partial charge in [0, 0.05) is 10.6 Å². The van der Waals surface area contributed by atoms with Crippen molar-refractivity contribution < 1.29 is 0 Å². The molecule has 11 heavy (non-hydrogen) atoms. The zero-order valence-corrected chi connectivity index (χ0v) is 7.88. The van der Waals surface area contributed by atoms with Gasteiger partial charge >= 0.3 is 0 Å². The molecule has 0 aromatic heterocycles. The van der Waals surface area contributed by atoms with Gasteiger partial charge in [0.25, 0.3) is 0 Å². The topological polar surface area (TPSA) is 12.0 Å². The van der Waals surface area contributed by atoms with Gasteiger partial charge in [0.2, 0.25) is 0 Å². The number of anilines is 1. The molecule has 0 bridgehead atoms. The van der Waals surface area contributed by atoms with Gasteiger partial charge in [0.15, 0.2) is 0 Å². The van der Waals surface area contributed by atoms with E-state index in [0.29, 0.717) is 0 Å². The number of hydrogen-bond donors (Lipinski definition) is 2. The number of para-hydroxylation sites is 1. The van der Waals surface area contributed by atoms with Crippen LogP contribution in [0, 0.1) is 0 Å². The molecule has 0 fully saturated rings. The fraction of sp³-hybridized carbons (Fsp3) is 0.250. The lowest BCUT2D eigenvalue weighted by atomic mass is 10.3. The van der Waals surface area contributed by atoms with Crippen LogP contribution < -0.4 is 5.32 Å². The highest BCUT2D eigenvalue weighted by Gasteiger charge is 2.28. The Balaban J connectivity index is 2.41. The summed E-state index contributed by atoms with van der Waals surface area (Å²) in [6, 6.07) is 8.25. The van der Waals surface area contributed by atoms with Crippen molar-refractivity contribution in [3.8, 4) is 0 Å². The summed E-state index contributed by atoms with van der Waals surface area (Å²) in [6.07, 6.45) is 0. The summed E-state index contributed by atoms with van der Waals surface area (Å²) in [4.78, 5) is 1.28. The molecule has 1 nitrogen and oxygen atoms in total. The Hall–Kier alpha value is -0.280. The van der Waals surface area contributed by atoms with E-state index in [1.165, 1.54) is 10.6 Å². The second-order valence-electron chi connectivity index (χ2n) is 2.71. The summed E-state index contributed by atoms with van der Waals surface area (Å²) in [5.41, 5.74) is 1.19. The van der Waals surface area contributed by atoms with Crippen LogP contribution in [0.4, 0.5) is 5.69 Å². The summed E-state index contributed by atoms with van der Waals surface area (Å²) in [5.74, 6) is 0. The van der Waals surface area contributed by atoms with Crippen LogP contribution in [0.2, 0.25) is 0 Å². The molecule has 0 spiro atoms. The molecule has 1 aromatic rings. The third-order valence-electron chi connectivity index (χ3n) is 1.56. The first-order chi connectivity index (χ1) is 5.17. The predicted octanol–water partition coefficient (Wildman–Crippen LogP) is 2.81. The van der Waals surface area contributed by atoms with E-state index in [1.54, 1.807) is 11.8 Å². The molecular formula is C8H9NS2. The van der Waals surface area contributed by atoms with Gasteiger partial charge in [-0.25, -0.2) is 0 Å². The average molecular weight is 183 g/mol. The summed E-state index contributed by atoms with van der Waals surface area (Å²) in [7, 11) is 0. The number of thioether (sulfide) groups is 1. The van der Waals surface area contributed by atoms with E-state index in [0.717, 1.165) is 0 Å². The Bertz CT molecular complexity index is 256. The highest BCUT2D eigenvalue weighted by Crippen LogP contribution is 2.46. The molecular weight excluding hydrogens is 174 g/mol. The second-order valence-corrected chi connectivity index (χ2v) is 5.36. The molecule has 0 saturated heterocycles. The van der Waals surface area contributed by atoms with Crippen LogP contribution in [0.3, 0.4) is 0 Å². The Morgan fingerprint density at radius 2 is 2.18 bits per heavy atom. The fourth-order valence-electron chi connectivity index (χ4n) is 1.15. The largest absolute Gasteiger partial charge is 0.362 e. The zero-order valence-electron chi connectivity index (χ0n) is 6.16. The highest BCUT2D eigenvalue weighted by atomic mass is 32.2. The van der Waals surface area contributed by atoms with E-state index in [1.807, 2.05) is 12.1 Å². The van der Waals surface area contributed by atoms with Gasteiger partial charge in [-0.3, -0.25) is 0 Å². The van der Waals surface area contributed by atoms with Crippen LogP contribution in [-0.4, -0.2) is 4.20 Å². The minimum Gasteiger partial charge on any atom is -0.362 e. The van der Waals surface area contributed by atoms with E-state index in [-0.39, 0.29) is 4.20 Å². The molecule has 1 aliphatic rings. The smallest absolute Gasteiger partial charge is 0.129 e. The quantitative estimate of drug-likeness (QED) is 0.600. The molecule has 0 aliphatic carbocycles. The molecule has 1 aliphatic heterocycles. The van der Waals surface area contributed by atoms with Crippen LogP contribution in [0.15, 0.2) is 29.2 Å². The first kappa shape index (κ1) is 7.37. The Morgan fingerprint density at radius 1 is 1.45 bits per heavy atom. The van der Waals surface area contributed by atoms with E-state index in [4.69, 9.17) is 0 Å². The van der Waals surface area contributed by atoms with Gasteiger partial charge in [-0.1, -0.05) is 23.9 Å². The van der Waals surface area contributed by atoms with Crippen LogP contribution >= 0.6 is 24.4 Å². The van der Waals surface area contributed by atoms with Crippen molar-refractivity contribution in [1.82, 2.24) is 0 Å². The minimum absolute atomic E-state index is 0.135. The van der Waals surface area contributed by atoms with Gasteiger partial charge in [0.05, 0.1) is 0 Å². The number of rotatable bonds is 0. The number of thiol groups is 1. The maximum atomic E-state index is 4.45. The van der Waals surface area contributed by atoms with Crippen molar-refractivity contribution >= 4 is 30.1 Å². The lowest BCUT2D eigenvalue weighted by Gasteiger charge is -2.15. The van der Waals surface area contributed by atoms with E-state index in [2.05, 4.69) is 37.0 Å². The summed E-state index contributed by atoms with van der Waals surface area (Å²) in [6.45, 7) is 2.06. The Kier molecular flexibility index (Phi) is 1.58. The van der Waals surface area contributed by atoms with Crippen LogP contribution in [0.1, 0.15) is 6.92 Å². The molecule has 1 aromatic carbocycles. The third kappa shape index (κ3) is 1.35. The molecule has 0 saturated carbocycles. The number of hydrogen-bond acceptors (Lipinski definition) is 3. The summed E-state index contributed by atoms with van der Waals surface area (Å²) < 4.78 is -0.135. The highest BCUT2D eigenvalue weighted by molar-refractivity contribution is 8.12. The molecule has 3 heteroatoms. The van der Waals surface area contributed by atoms with Crippen molar-refractivity contribution in [2.24, 2.45) is 0 Å². The average Bonchev–Trinajstić information content (AvgIpc) is 2.21. The third-order valence-corrected chi connectivity index (χ3v) is 3.02. The minimum atomic E-state index is -0.135. The van der Waals surface area contributed by atoms with Crippen molar-refractivity contribution in [3.63, 3.8) is 0 Å². The predicted molar refractivity (Wildman–Crippen MR) is 53.3 cm³/mol. The maximum Gasteiger partial charge on any atom is 0.129 e. The molecule has 1 heterocycles. The standard InChI is InChI=1S/C8H9NS2/c1-8(10)9-6-4-2-3-5-7(6)11-8/h2-5,9-10H,1H3. The second kappa shape index (κ2) is 2.35. The normalized spacial score (nSPS) is 27.8. The van der Waals surface area contributed by atoms with Crippen molar-refractivity contribution in [2.45, 2.75) is 16.0 Å². The number of nitrogens with one attached hydrogen (secondary N) is 1. The molecule has 1 unspecified atom stereocenters. The lowest BCUT2D eigenvalue weighted by Crippen LogP contribution is -2.17. The first-order valence-electron chi connectivity index (χ1n) is 3.46. The SMILES string of the molecule is CC1(S)Nc2ccccc2S1. The summed E-state index contributed by atoms with van der Waals surface area (Å²) >= 11 is 6.19. The van der Waals surface area contributed by atoms with E-state index < -0.39 is 0 Å². The zero-order chi connectivity index (χ0) is 7.90. The molecule has 1 atom stereocenters. The van der Waals surface area contributed by atoms with E-state index >= 15 is 0 Å². The number of fused-ring (bicyclic) bond motifs is 1. The Labute approximate surface area is 76.0 Å². The van der Waals surface area contributed by atoms with Crippen molar-refractivity contribution in [1.29, 1.82) is 0 Å². The Morgan fingerprint density at radius 3 is 2.91 bits per heavy atom. The van der Waals surface area contributed by atoms with Crippen LogP contribution in [0.5, 0.6) is 0 Å². The molecule has 1 N–H and O–H groups in total. The van der Waals surface area contributed by atoms with Crippen LogP contribution in [-0.2, 0) is 0 Å². The molecule has 2 rings (SSSR count). The van der Waals surface area contributed by atoms with Gasteiger partial charge in [-0.2, -0.15) is 0 Å². The van der Waals surface area contributed by atoms with Gasteiger partial charge in [-0.05, 0) is 19.1 Å². The summed E-state index contributed by atoms with van der Waals surface area (Å²) in [5, 5.41) is 3.30. The van der Waals surface area contributed by atoms with Crippen molar-refractivity contribution in [3.05, 3.63) is 24.3 Å². The monoisotopic (exact) mass is 183 g/mol. The fourth-order valence-corrected chi connectivity index (χ4v) is 2.53. The first-order valence-corrected chi connectivity index (χ1v) is 4.72. The maximum absolute atomic E-state index is 4.45. The molecule has 0 amide bonds. The van der Waals surface area contributed by atoms with Gasteiger partial charge < -0.3 is 5.32 Å². The van der Waals surface area contributed by atoms with Gasteiger partial charge in [-0.15, -0.1) is 12.6 Å².